The van der Waals surface area contributed by atoms with Crippen LogP contribution in [0.1, 0.15) is 19.3 Å². The zero-order valence-electron chi connectivity index (χ0n) is 9.87. The van der Waals surface area contributed by atoms with Gasteiger partial charge in [-0.3, -0.25) is 5.10 Å². The summed E-state index contributed by atoms with van der Waals surface area (Å²) in [7, 11) is 0. The third kappa shape index (κ3) is 2.26. The van der Waals surface area contributed by atoms with Gasteiger partial charge in [0.15, 0.2) is 5.82 Å². The number of anilines is 1. The van der Waals surface area contributed by atoms with Crippen LogP contribution in [-0.4, -0.2) is 29.3 Å². The summed E-state index contributed by atoms with van der Waals surface area (Å²) >= 11 is 0. The van der Waals surface area contributed by atoms with Crippen molar-refractivity contribution < 1.29 is 0 Å². The monoisotopic (exact) mass is 230 g/mol. The lowest BCUT2D eigenvalue weighted by Gasteiger charge is -2.23. The molecule has 1 aromatic heterocycles. The first-order valence-corrected chi connectivity index (χ1v) is 6.34. The van der Waals surface area contributed by atoms with Crippen LogP contribution in [0.3, 0.4) is 0 Å². The van der Waals surface area contributed by atoms with Crippen molar-refractivity contribution in [3.63, 3.8) is 0 Å². The zero-order chi connectivity index (χ0) is 11.5. The highest BCUT2D eigenvalue weighted by Crippen LogP contribution is 2.19. The number of hydrogen-bond acceptors (Lipinski definition) is 3. The topological polar surface area (TPSA) is 52.7 Å². The van der Waals surface area contributed by atoms with E-state index in [-0.39, 0.29) is 0 Å². The van der Waals surface area contributed by atoms with Crippen molar-refractivity contribution in [3.8, 4) is 0 Å². The predicted molar refractivity (Wildman–Crippen MR) is 70.2 cm³/mol. The maximum atomic E-state index is 4.32. The molecule has 4 heteroatoms. The second-order valence-electron chi connectivity index (χ2n) is 4.65. The van der Waals surface area contributed by atoms with Gasteiger partial charge in [-0.1, -0.05) is 18.6 Å². The molecule has 1 saturated heterocycles. The van der Waals surface area contributed by atoms with Crippen LogP contribution in [0.5, 0.6) is 0 Å². The largest absolute Gasteiger partial charge is 0.367 e. The number of aromatic amines is 1. The molecule has 3 N–H and O–H groups in total. The molecule has 2 heterocycles. The predicted octanol–water partition coefficient (Wildman–Crippen LogP) is 2.12. The quantitative estimate of drug-likeness (QED) is 0.757. The van der Waals surface area contributed by atoms with E-state index in [1.807, 2.05) is 18.2 Å². The van der Waals surface area contributed by atoms with Gasteiger partial charge >= 0.3 is 0 Å². The highest BCUT2D eigenvalue weighted by Gasteiger charge is 2.13. The van der Waals surface area contributed by atoms with Crippen LogP contribution < -0.4 is 10.6 Å². The second-order valence-corrected chi connectivity index (χ2v) is 4.65. The van der Waals surface area contributed by atoms with E-state index in [1.54, 1.807) is 0 Å². The van der Waals surface area contributed by atoms with E-state index in [4.69, 9.17) is 0 Å². The van der Waals surface area contributed by atoms with Crippen LogP contribution in [0.15, 0.2) is 24.3 Å². The van der Waals surface area contributed by atoms with E-state index in [2.05, 4.69) is 26.9 Å². The molecule has 3 rings (SSSR count). The first kappa shape index (κ1) is 10.6. The Morgan fingerprint density at radius 2 is 2.24 bits per heavy atom. The number of fused-ring (bicyclic) bond motifs is 1. The van der Waals surface area contributed by atoms with Crippen molar-refractivity contribution >= 4 is 16.7 Å². The molecular formula is C13H18N4. The van der Waals surface area contributed by atoms with Gasteiger partial charge in [0.2, 0.25) is 0 Å². The summed E-state index contributed by atoms with van der Waals surface area (Å²) in [5, 5.41) is 15.5. The van der Waals surface area contributed by atoms with Crippen molar-refractivity contribution in [1.29, 1.82) is 0 Å². The fraction of sp³-hybridized carbons (Fsp3) is 0.462. The minimum Gasteiger partial charge on any atom is -0.367 e. The van der Waals surface area contributed by atoms with E-state index >= 15 is 0 Å². The van der Waals surface area contributed by atoms with Gasteiger partial charge in [0, 0.05) is 18.0 Å². The Hall–Kier alpha value is -1.55. The number of benzene rings is 1. The molecule has 0 aliphatic carbocycles. The molecule has 0 spiro atoms. The first-order chi connectivity index (χ1) is 8.43. The Morgan fingerprint density at radius 3 is 3.12 bits per heavy atom. The van der Waals surface area contributed by atoms with Gasteiger partial charge < -0.3 is 10.6 Å². The molecule has 1 unspecified atom stereocenters. The Bertz CT molecular complexity index is 485. The smallest absolute Gasteiger partial charge is 0.155 e. The number of hydrogen-bond donors (Lipinski definition) is 3. The number of nitrogens with one attached hydrogen (secondary N) is 3. The standard InChI is InChI=1S/C13H18N4/c1-2-7-12-11(6-1)13(17-16-12)15-9-10-5-3-4-8-14-10/h1-2,6-7,10,14H,3-5,8-9H2,(H2,15,16,17). The molecule has 0 saturated carbocycles. The van der Waals surface area contributed by atoms with E-state index < -0.39 is 0 Å². The molecule has 4 nitrogen and oxygen atoms in total. The first-order valence-electron chi connectivity index (χ1n) is 6.34. The molecule has 1 aromatic carbocycles. The molecule has 2 aromatic rings. The lowest BCUT2D eigenvalue weighted by molar-refractivity contribution is 0.414. The van der Waals surface area contributed by atoms with Gasteiger partial charge in [0.05, 0.1) is 5.52 Å². The van der Waals surface area contributed by atoms with Crippen LogP contribution in [-0.2, 0) is 0 Å². The van der Waals surface area contributed by atoms with Crippen molar-refractivity contribution in [3.05, 3.63) is 24.3 Å². The third-order valence-corrected chi connectivity index (χ3v) is 3.40. The number of aromatic nitrogens is 2. The summed E-state index contributed by atoms with van der Waals surface area (Å²) in [5.74, 6) is 0.966. The molecule has 1 fully saturated rings. The maximum Gasteiger partial charge on any atom is 0.155 e. The fourth-order valence-corrected chi connectivity index (χ4v) is 2.42. The molecule has 0 amide bonds. The lowest BCUT2D eigenvalue weighted by atomic mass is 10.1. The number of H-pyrrole nitrogens is 1. The van der Waals surface area contributed by atoms with E-state index in [0.717, 1.165) is 24.4 Å². The summed E-state index contributed by atoms with van der Waals surface area (Å²) in [5.41, 5.74) is 1.09. The number of rotatable bonds is 3. The highest BCUT2D eigenvalue weighted by atomic mass is 15.2. The average Bonchev–Trinajstić information content (AvgIpc) is 2.81. The summed E-state index contributed by atoms with van der Waals surface area (Å²) in [6, 6.07) is 8.79. The Kier molecular flexibility index (Phi) is 2.96. The van der Waals surface area contributed by atoms with E-state index in [1.165, 1.54) is 24.6 Å². The fourth-order valence-electron chi connectivity index (χ4n) is 2.42. The second kappa shape index (κ2) is 4.75. The molecule has 0 bridgehead atoms. The highest BCUT2D eigenvalue weighted by molar-refractivity contribution is 5.89. The summed E-state index contributed by atoms with van der Waals surface area (Å²) in [6.45, 7) is 2.10. The average molecular weight is 230 g/mol. The van der Waals surface area contributed by atoms with Crippen LogP contribution in [0.2, 0.25) is 0 Å². The summed E-state index contributed by atoms with van der Waals surface area (Å²) in [6.07, 6.45) is 3.90. The Balaban J connectivity index is 1.68. The minimum absolute atomic E-state index is 0.583. The van der Waals surface area contributed by atoms with Gasteiger partial charge in [-0.15, -0.1) is 0 Å². The molecule has 1 aliphatic rings. The molecule has 0 radical (unpaired) electrons. The van der Waals surface area contributed by atoms with Crippen LogP contribution >= 0.6 is 0 Å². The van der Waals surface area contributed by atoms with Crippen LogP contribution in [0.4, 0.5) is 5.82 Å². The molecular weight excluding hydrogens is 212 g/mol. The Morgan fingerprint density at radius 1 is 1.29 bits per heavy atom. The van der Waals surface area contributed by atoms with E-state index in [0.29, 0.717) is 6.04 Å². The van der Waals surface area contributed by atoms with Crippen molar-refractivity contribution in [2.45, 2.75) is 25.3 Å². The van der Waals surface area contributed by atoms with Gasteiger partial charge in [0.1, 0.15) is 0 Å². The molecule has 1 atom stereocenters. The minimum atomic E-state index is 0.583. The number of nitrogens with zero attached hydrogens (tertiary/aromatic N) is 1. The molecule has 17 heavy (non-hydrogen) atoms. The maximum absolute atomic E-state index is 4.32. The van der Waals surface area contributed by atoms with Gasteiger partial charge in [-0.2, -0.15) is 5.10 Å². The normalized spacial score (nSPS) is 20.6. The van der Waals surface area contributed by atoms with E-state index in [9.17, 15) is 0 Å². The van der Waals surface area contributed by atoms with Crippen LogP contribution in [0.25, 0.3) is 10.9 Å². The third-order valence-electron chi connectivity index (χ3n) is 3.40. The van der Waals surface area contributed by atoms with Crippen molar-refractivity contribution in [2.24, 2.45) is 0 Å². The molecule has 90 valence electrons. The summed E-state index contributed by atoms with van der Waals surface area (Å²) < 4.78 is 0. The van der Waals surface area contributed by atoms with Crippen LogP contribution in [0, 0.1) is 0 Å². The number of piperidine rings is 1. The summed E-state index contributed by atoms with van der Waals surface area (Å²) in [4.78, 5) is 0. The SMILES string of the molecule is c1ccc2c(NCC3CCCCN3)n[nH]c2c1. The Labute approximate surface area is 101 Å². The lowest BCUT2D eigenvalue weighted by Crippen LogP contribution is -2.39. The number of para-hydroxylation sites is 1. The van der Waals surface area contributed by atoms with Gasteiger partial charge in [-0.25, -0.2) is 0 Å². The van der Waals surface area contributed by atoms with Gasteiger partial charge in [-0.05, 0) is 31.5 Å². The van der Waals surface area contributed by atoms with Gasteiger partial charge in [0.25, 0.3) is 0 Å². The molecule has 1 aliphatic heterocycles. The van der Waals surface area contributed by atoms with Crippen molar-refractivity contribution in [2.75, 3.05) is 18.4 Å². The van der Waals surface area contributed by atoms with Crippen molar-refractivity contribution in [1.82, 2.24) is 15.5 Å². The zero-order valence-corrected chi connectivity index (χ0v) is 9.87.